The highest BCUT2D eigenvalue weighted by Gasteiger charge is 2.30. The van der Waals surface area contributed by atoms with Gasteiger partial charge in [-0.15, -0.1) is 0 Å². The molecule has 0 spiro atoms. The molecule has 28 heavy (non-hydrogen) atoms. The number of carbonyl (C=O) groups is 1. The molecular weight excluding hydrogens is 406 g/mol. The van der Waals surface area contributed by atoms with E-state index in [9.17, 15) is 21.6 Å². The molecule has 11 heteroatoms. The lowest BCUT2D eigenvalue weighted by molar-refractivity contribution is -0.124. The Hall–Kier alpha value is -2.50. The maximum Gasteiger partial charge on any atom is 0.267 e. The Labute approximate surface area is 163 Å². The van der Waals surface area contributed by atoms with Gasteiger partial charge in [-0.05, 0) is 31.6 Å². The van der Waals surface area contributed by atoms with E-state index in [0.29, 0.717) is 11.1 Å². The zero-order chi connectivity index (χ0) is 21.3. The molecule has 0 atom stereocenters. The number of benzene rings is 1. The predicted octanol–water partition coefficient (Wildman–Crippen LogP) is 1.46. The average Bonchev–Trinajstić information content (AvgIpc) is 3.01. The lowest BCUT2D eigenvalue weighted by Crippen LogP contribution is -2.14. The molecule has 0 fully saturated rings. The number of amides is 1. The average molecular weight is 428 g/mol. The van der Waals surface area contributed by atoms with Gasteiger partial charge in [-0.2, -0.15) is 0 Å². The minimum Gasteiger partial charge on any atom is -0.311 e. The Morgan fingerprint density at radius 1 is 1.18 bits per heavy atom. The van der Waals surface area contributed by atoms with Crippen LogP contribution in [0.2, 0.25) is 0 Å². The SMILES string of the molecule is CC(C)n1c(S(C)(=O)=O)nc(S(C)(=O)=O)c1-c1cccc(/C=C/C(=O)NO)c1. The molecule has 1 amide bonds. The van der Waals surface area contributed by atoms with Crippen molar-refractivity contribution in [3.05, 3.63) is 35.9 Å². The Morgan fingerprint density at radius 2 is 1.82 bits per heavy atom. The summed E-state index contributed by atoms with van der Waals surface area (Å²) in [5, 5.41) is 7.89. The molecule has 1 heterocycles. The normalized spacial score (nSPS) is 12.6. The second kappa shape index (κ2) is 7.86. The molecule has 2 N–H and O–H groups in total. The molecule has 0 radical (unpaired) electrons. The molecule has 2 aromatic rings. The van der Waals surface area contributed by atoms with E-state index in [-0.39, 0.29) is 21.9 Å². The summed E-state index contributed by atoms with van der Waals surface area (Å²) in [5.74, 6) is -0.728. The number of hydrogen-bond donors (Lipinski definition) is 2. The van der Waals surface area contributed by atoms with Crippen LogP contribution in [0.1, 0.15) is 25.5 Å². The first-order valence-corrected chi connectivity index (χ1v) is 11.9. The minimum absolute atomic E-state index is 0.153. The number of nitrogens with zero attached hydrogens (tertiary/aromatic N) is 2. The Kier molecular flexibility index (Phi) is 6.12. The van der Waals surface area contributed by atoms with Crippen molar-refractivity contribution in [1.29, 1.82) is 0 Å². The lowest BCUT2D eigenvalue weighted by atomic mass is 10.1. The molecule has 152 valence electrons. The van der Waals surface area contributed by atoms with Crippen molar-refractivity contribution < 1.29 is 26.8 Å². The summed E-state index contributed by atoms with van der Waals surface area (Å²) >= 11 is 0. The van der Waals surface area contributed by atoms with E-state index in [0.717, 1.165) is 18.6 Å². The van der Waals surface area contributed by atoms with Gasteiger partial charge in [0.1, 0.15) is 0 Å². The van der Waals surface area contributed by atoms with Crippen LogP contribution in [-0.4, -0.2) is 50.0 Å². The molecule has 2 rings (SSSR count). The zero-order valence-corrected chi connectivity index (χ0v) is 17.4. The van der Waals surface area contributed by atoms with Crippen molar-refractivity contribution in [2.75, 3.05) is 12.5 Å². The van der Waals surface area contributed by atoms with E-state index in [4.69, 9.17) is 5.21 Å². The highest BCUT2D eigenvalue weighted by atomic mass is 32.2. The standard InChI is InChI=1S/C17H21N3O6S2/c1-11(2)20-15(16(27(3,23)24)18-17(20)28(4,25)26)13-7-5-6-12(10-13)8-9-14(21)19-22/h5-11,22H,1-4H3,(H,19,21)/b9-8+. The second-order valence-corrected chi connectivity index (χ2v) is 10.3. The number of carbonyl (C=O) groups excluding carboxylic acids is 1. The molecule has 0 saturated heterocycles. The molecule has 0 aliphatic heterocycles. The van der Waals surface area contributed by atoms with E-state index in [1.54, 1.807) is 38.1 Å². The van der Waals surface area contributed by atoms with Crippen LogP contribution in [0.25, 0.3) is 17.3 Å². The molecule has 0 bridgehead atoms. The fraction of sp³-hybridized carbons (Fsp3) is 0.294. The molecular formula is C17H21N3O6S2. The lowest BCUT2D eigenvalue weighted by Gasteiger charge is -2.16. The van der Waals surface area contributed by atoms with Crippen molar-refractivity contribution in [2.24, 2.45) is 0 Å². The van der Waals surface area contributed by atoms with Crippen molar-refractivity contribution >= 4 is 31.7 Å². The van der Waals surface area contributed by atoms with Gasteiger partial charge >= 0.3 is 0 Å². The molecule has 1 aromatic heterocycles. The van der Waals surface area contributed by atoms with E-state index in [2.05, 4.69) is 4.98 Å². The van der Waals surface area contributed by atoms with E-state index < -0.39 is 25.6 Å². The summed E-state index contributed by atoms with van der Waals surface area (Å²) in [7, 11) is -7.62. The molecule has 0 saturated carbocycles. The van der Waals surface area contributed by atoms with Crippen molar-refractivity contribution in [3.63, 3.8) is 0 Å². The van der Waals surface area contributed by atoms with Crippen LogP contribution in [0.3, 0.4) is 0 Å². The summed E-state index contributed by atoms with van der Waals surface area (Å²) < 4.78 is 50.4. The number of aromatic nitrogens is 2. The van der Waals surface area contributed by atoms with Gasteiger partial charge in [0.25, 0.3) is 5.91 Å². The summed E-state index contributed by atoms with van der Waals surface area (Å²) in [6.07, 6.45) is 4.45. The maximum atomic E-state index is 12.3. The monoisotopic (exact) mass is 427 g/mol. The Bertz CT molecular complexity index is 1150. The first-order chi connectivity index (χ1) is 12.9. The van der Waals surface area contributed by atoms with Gasteiger partial charge in [0.05, 0.1) is 5.69 Å². The van der Waals surface area contributed by atoms with Gasteiger partial charge in [0.2, 0.25) is 15.0 Å². The Morgan fingerprint density at radius 3 is 2.32 bits per heavy atom. The molecule has 0 aliphatic carbocycles. The number of hydroxylamine groups is 1. The van der Waals surface area contributed by atoms with E-state index in [1.807, 2.05) is 0 Å². The summed E-state index contributed by atoms with van der Waals surface area (Å²) in [6.45, 7) is 3.45. The van der Waals surface area contributed by atoms with Gasteiger partial charge in [-0.25, -0.2) is 27.3 Å². The van der Waals surface area contributed by atoms with Crippen LogP contribution in [0.15, 0.2) is 40.5 Å². The largest absolute Gasteiger partial charge is 0.311 e. The van der Waals surface area contributed by atoms with Gasteiger partial charge in [0, 0.05) is 30.2 Å². The van der Waals surface area contributed by atoms with Crippen LogP contribution in [0, 0.1) is 0 Å². The summed E-state index contributed by atoms with van der Waals surface area (Å²) in [4.78, 5) is 15.1. The van der Waals surface area contributed by atoms with Crippen LogP contribution in [-0.2, 0) is 24.5 Å². The smallest absolute Gasteiger partial charge is 0.267 e. The number of nitrogens with one attached hydrogen (secondary N) is 1. The highest BCUT2D eigenvalue weighted by Crippen LogP contribution is 2.33. The van der Waals surface area contributed by atoms with Crippen LogP contribution in [0.5, 0.6) is 0 Å². The van der Waals surface area contributed by atoms with Gasteiger partial charge in [-0.3, -0.25) is 10.0 Å². The third kappa shape index (κ3) is 4.66. The molecule has 1 aromatic carbocycles. The second-order valence-electron chi connectivity index (χ2n) is 6.49. The first-order valence-electron chi connectivity index (χ1n) is 8.11. The summed E-state index contributed by atoms with van der Waals surface area (Å²) in [5.41, 5.74) is 2.58. The van der Waals surface area contributed by atoms with Gasteiger partial charge in [-0.1, -0.05) is 18.2 Å². The van der Waals surface area contributed by atoms with Gasteiger partial charge < -0.3 is 4.57 Å². The van der Waals surface area contributed by atoms with Crippen LogP contribution in [0.4, 0.5) is 0 Å². The fourth-order valence-corrected chi connectivity index (χ4v) is 4.45. The van der Waals surface area contributed by atoms with E-state index >= 15 is 0 Å². The number of hydrogen-bond acceptors (Lipinski definition) is 7. The van der Waals surface area contributed by atoms with Crippen molar-refractivity contribution in [2.45, 2.75) is 30.1 Å². The predicted molar refractivity (Wildman–Crippen MR) is 103 cm³/mol. The number of imidazole rings is 1. The zero-order valence-electron chi connectivity index (χ0n) is 15.7. The molecule has 0 unspecified atom stereocenters. The first kappa shape index (κ1) is 21.8. The molecule has 9 nitrogen and oxygen atoms in total. The molecule has 0 aliphatic rings. The summed E-state index contributed by atoms with van der Waals surface area (Å²) in [6, 6.07) is 6.13. The quantitative estimate of drug-likeness (QED) is 0.405. The Balaban J connectivity index is 2.83. The maximum absolute atomic E-state index is 12.3. The topological polar surface area (TPSA) is 135 Å². The highest BCUT2D eigenvalue weighted by molar-refractivity contribution is 7.91. The van der Waals surface area contributed by atoms with Crippen molar-refractivity contribution in [1.82, 2.24) is 15.0 Å². The van der Waals surface area contributed by atoms with Gasteiger partial charge in [0.15, 0.2) is 14.9 Å². The van der Waals surface area contributed by atoms with Crippen LogP contribution < -0.4 is 5.48 Å². The van der Waals surface area contributed by atoms with Crippen molar-refractivity contribution in [3.8, 4) is 11.3 Å². The van der Waals surface area contributed by atoms with Crippen LogP contribution >= 0.6 is 0 Å². The van der Waals surface area contributed by atoms with E-state index in [1.165, 1.54) is 16.1 Å². The number of sulfone groups is 2. The third-order valence-corrected chi connectivity index (χ3v) is 5.68. The fourth-order valence-electron chi connectivity index (χ4n) is 2.65. The number of rotatable bonds is 6. The third-order valence-electron chi connectivity index (χ3n) is 3.74. The minimum atomic E-state index is -3.83.